The highest BCUT2D eigenvalue weighted by Crippen LogP contribution is 2.09. The van der Waals surface area contributed by atoms with Crippen LogP contribution in [-0.2, 0) is 6.54 Å². The summed E-state index contributed by atoms with van der Waals surface area (Å²) in [7, 11) is 2.00. The van der Waals surface area contributed by atoms with Crippen LogP contribution in [0.2, 0.25) is 0 Å². The normalized spacial score (nSPS) is 13.9. The first-order valence-electron chi connectivity index (χ1n) is 5.60. The predicted molar refractivity (Wildman–Crippen MR) is 64.1 cm³/mol. The van der Waals surface area contributed by atoms with E-state index in [1.54, 1.807) is 6.26 Å². The van der Waals surface area contributed by atoms with Crippen molar-refractivity contribution in [3.63, 3.8) is 0 Å². The Morgan fingerprint density at radius 1 is 1.24 bits per heavy atom. The standard InChI is InChI=1S/C14H14N2O/c1-16(11-12-6-3-2-4-7-12)13(10-15)14-8-5-9-17-14/h2-9,13H,11H2,1H3/p+1/t13-/m1/s1. The summed E-state index contributed by atoms with van der Waals surface area (Å²) in [6.45, 7) is 0.805. The van der Waals surface area contributed by atoms with Crippen molar-refractivity contribution in [2.24, 2.45) is 0 Å². The minimum absolute atomic E-state index is 0.259. The Kier molecular flexibility index (Phi) is 3.59. The number of rotatable bonds is 4. The van der Waals surface area contributed by atoms with Gasteiger partial charge in [-0.25, -0.2) is 0 Å². The van der Waals surface area contributed by atoms with Gasteiger partial charge in [0, 0.05) is 5.56 Å². The first kappa shape index (κ1) is 11.4. The van der Waals surface area contributed by atoms with E-state index < -0.39 is 0 Å². The van der Waals surface area contributed by atoms with E-state index in [4.69, 9.17) is 4.42 Å². The molecule has 0 aliphatic carbocycles. The Bertz CT molecular complexity index is 485. The van der Waals surface area contributed by atoms with E-state index in [-0.39, 0.29) is 6.04 Å². The molecule has 2 aromatic rings. The van der Waals surface area contributed by atoms with Crippen molar-refractivity contribution in [2.75, 3.05) is 7.05 Å². The van der Waals surface area contributed by atoms with E-state index in [9.17, 15) is 5.26 Å². The molecule has 0 aliphatic heterocycles. The zero-order valence-corrected chi connectivity index (χ0v) is 9.76. The molecule has 1 aromatic carbocycles. The Balaban J connectivity index is 2.09. The highest BCUT2D eigenvalue weighted by molar-refractivity contribution is 5.14. The Morgan fingerprint density at radius 2 is 2.00 bits per heavy atom. The number of quaternary nitrogens is 1. The number of nitrogens with zero attached hydrogens (tertiary/aromatic N) is 1. The molecule has 3 heteroatoms. The van der Waals surface area contributed by atoms with Crippen LogP contribution in [0.4, 0.5) is 0 Å². The second-order valence-corrected chi connectivity index (χ2v) is 4.09. The molecular weight excluding hydrogens is 212 g/mol. The van der Waals surface area contributed by atoms with E-state index in [0.29, 0.717) is 0 Å². The fourth-order valence-corrected chi connectivity index (χ4v) is 1.89. The summed E-state index contributed by atoms with van der Waals surface area (Å²) in [5, 5.41) is 9.22. The van der Waals surface area contributed by atoms with Gasteiger partial charge in [-0.1, -0.05) is 30.3 Å². The Morgan fingerprint density at radius 3 is 2.59 bits per heavy atom. The largest absolute Gasteiger partial charge is 0.462 e. The molecular formula is C14H15N2O+. The second-order valence-electron chi connectivity index (χ2n) is 4.09. The minimum Gasteiger partial charge on any atom is -0.462 e. The molecule has 1 unspecified atom stereocenters. The monoisotopic (exact) mass is 227 g/mol. The zero-order chi connectivity index (χ0) is 12.1. The molecule has 0 saturated carbocycles. The van der Waals surface area contributed by atoms with Crippen LogP contribution >= 0.6 is 0 Å². The highest BCUT2D eigenvalue weighted by Gasteiger charge is 2.22. The molecule has 3 nitrogen and oxygen atoms in total. The van der Waals surface area contributed by atoms with Gasteiger partial charge < -0.3 is 9.32 Å². The van der Waals surface area contributed by atoms with Gasteiger partial charge in [0.15, 0.2) is 5.76 Å². The Hall–Kier alpha value is -2.05. The third kappa shape index (κ3) is 2.74. The molecule has 0 radical (unpaired) electrons. The molecule has 0 bridgehead atoms. The first-order chi connectivity index (χ1) is 8.31. The molecule has 0 amide bonds. The van der Waals surface area contributed by atoms with Crippen LogP contribution in [0, 0.1) is 11.3 Å². The first-order valence-corrected chi connectivity index (χ1v) is 5.60. The molecule has 0 saturated heterocycles. The van der Waals surface area contributed by atoms with Gasteiger partial charge in [-0.05, 0) is 12.1 Å². The summed E-state index contributed by atoms with van der Waals surface area (Å²) >= 11 is 0. The van der Waals surface area contributed by atoms with Crippen molar-refractivity contribution < 1.29 is 9.32 Å². The number of hydrogen-bond donors (Lipinski definition) is 1. The van der Waals surface area contributed by atoms with Crippen LogP contribution < -0.4 is 4.90 Å². The molecule has 86 valence electrons. The van der Waals surface area contributed by atoms with Crippen molar-refractivity contribution in [3.8, 4) is 6.07 Å². The van der Waals surface area contributed by atoms with Crippen molar-refractivity contribution >= 4 is 0 Å². The highest BCUT2D eigenvalue weighted by atomic mass is 16.3. The zero-order valence-electron chi connectivity index (χ0n) is 9.76. The summed E-state index contributed by atoms with van der Waals surface area (Å²) in [6, 6.07) is 15.9. The lowest BCUT2D eigenvalue weighted by Gasteiger charge is -2.17. The molecule has 0 spiro atoms. The third-order valence-electron chi connectivity index (χ3n) is 2.78. The van der Waals surface area contributed by atoms with Crippen LogP contribution in [0.1, 0.15) is 17.4 Å². The molecule has 1 heterocycles. The molecule has 1 aromatic heterocycles. The molecule has 1 N–H and O–H groups in total. The second kappa shape index (κ2) is 5.33. The van der Waals surface area contributed by atoms with E-state index in [1.807, 2.05) is 37.4 Å². The van der Waals surface area contributed by atoms with E-state index in [0.717, 1.165) is 17.2 Å². The van der Waals surface area contributed by atoms with Crippen molar-refractivity contribution in [1.29, 1.82) is 5.26 Å². The number of nitriles is 1. The van der Waals surface area contributed by atoms with Crippen LogP contribution in [-0.4, -0.2) is 7.05 Å². The average Bonchev–Trinajstić information content (AvgIpc) is 2.85. The lowest BCUT2D eigenvalue weighted by molar-refractivity contribution is -0.918. The SMILES string of the molecule is C[NH+](Cc1ccccc1)[C@H](C#N)c1ccco1. The van der Waals surface area contributed by atoms with Gasteiger partial charge in [-0.2, -0.15) is 5.26 Å². The lowest BCUT2D eigenvalue weighted by Crippen LogP contribution is -3.07. The summed E-state index contributed by atoms with van der Waals surface area (Å²) in [4.78, 5) is 1.11. The third-order valence-corrected chi connectivity index (χ3v) is 2.78. The smallest absolute Gasteiger partial charge is 0.233 e. The van der Waals surface area contributed by atoms with Gasteiger partial charge in [0.05, 0.1) is 13.3 Å². The van der Waals surface area contributed by atoms with E-state index >= 15 is 0 Å². The molecule has 0 fully saturated rings. The van der Waals surface area contributed by atoms with E-state index in [1.165, 1.54) is 5.56 Å². The maximum absolute atomic E-state index is 9.22. The lowest BCUT2D eigenvalue weighted by atomic mass is 10.1. The van der Waals surface area contributed by atoms with Gasteiger partial charge in [-0.15, -0.1) is 0 Å². The fourth-order valence-electron chi connectivity index (χ4n) is 1.89. The summed E-state index contributed by atoms with van der Waals surface area (Å²) in [5.41, 5.74) is 1.22. The van der Waals surface area contributed by atoms with Crippen molar-refractivity contribution in [3.05, 3.63) is 60.1 Å². The van der Waals surface area contributed by atoms with Gasteiger partial charge in [0.1, 0.15) is 12.6 Å². The number of furan rings is 1. The van der Waals surface area contributed by atoms with Crippen LogP contribution in [0.15, 0.2) is 53.1 Å². The van der Waals surface area contributed by atoms with Crippen LogP contribution in [0.3, 0.4) is 0 Å². The maximum Gasteiger partial charge on any atom is 0.233 e. The molecule has 2 rings (SSSR count). The van der Waals surface area contributed by atoms with Crippen LogP contribution in [0.5, 0.6) is 0 Å². The minimum atomic E-state index is -0.259. The molecule has 2 atom stereocenters. The quantitative estimate of drug-likeness (QED) is 0.861. The number of hydrogen-bond acceptors (Lipinski definition) is 2. The Labute approximate surface area is 101 Å². The molecule has 0 aliphatic rings. The van der Waals surface area contributed by atoms with Gasteiger partial charge in [-0.3, -0.25) is 0 Å². The summed E-state index contributed by atoms with van der Waals surface area (Å²) in [6.07, 6.45) is 1.61. The van der Waals surface area contributed by atoms with Crippen molar-refractivity contribution in [2.45, 2.75) is 12.6 Å². The van der Waals surface area contributed by atoms with Crippen LogP contribution in [0.25, 0.3) is 0 Å². The number of nitrogens with one attached hydrogen (secondary N) is 1. The van der Waals surface area contributed by atoms with Gasteiger partial charge >= 0.3 is 0 Å². The maximum atomic E-state index is 9.22. The van der Waals surface area contributed by atoms with E-state index in [2.05, 4.69) is 18.2 Å². The topological polar surface area (TPSA) is 41.4 Å². The number of benzene rings is 1. The van der Waals surface area contributed by atoms with Gasteiger partial charge in [0.25, 0.3) is 0 Å². The molecule has 17 heavy (non-hydrogen) atoms. The average molecular weight is 227 g/mol. The predicted octanol–water partition coefficient (Wildman–Crippen LogP) is 1.56. The summed E-state index contributed by atoms with van der Waals surface area (Å²) in [5.74, 6) is 0.723. The summed E-state index contributed by atoms with van der Waals surface area (Å²) < 4.78 is 5.30. The fraction of sp³-hybridized carbons (Fsp3) is 0.214. The van der Waals surface area contributed by atoms with Gasteiger partial charge in [0.2, 0.25) is 6.04 Å². The van der Waals surface area contributed by atoms with Crippen molar-refractivity contribution in [1.82, 2.24) is 0 Å².